The molecule has 1 amide bonds. The molecule has 0 spiro atoms. The van der Waals surface area contributed by atoms with Gasteiger partial charge < -0.3 is 66.8 Å². The van der Waals surface area contributed by atoms with E-state index in [0.29, 0.717) is 19.3 Å². The average molecular weight is 1220 g/mol. The van der Waals surface area contributed by atoms with Gasteiger partial charge in [-0.2, -0.15) is 0 Å². The molecular weight excluding hydrogens is 1100 g/mol. The second-order valence-corrected chi connectivity index (χ2v) is 26.1. The van der Waals surface area contributed by atoms with Gasteiger partial charge in [0.05, 0.1) is 62.4 Å². The zero-order valence-corrected chi connectivity index (χ0v) is 52.8. The molecule has 0 bridgehead atoms. The molecule has 1 aliphatic heterocycles. The number of amides is 1. The zero-order valence-electron chi connectivity index (χ0n) is 50.1. The predicted molar refractivity (Wildman–Crippen MR) is 317 cm³/mol. The highest BCUT2D eigenvalue weighted by Gasteiger charge is 2.40. The summed E-state index contributed by atoms with van der Waals surface area (Å²) in [4.78, 5) is 55.3. The normalized spacial score (nSPS) is 19.4. The number of carbonyl (C=O) groups excluding carboxylic acids is 1. The lowest BCUT2D eigenvalue weighted by atomic mass is 9.99. The number of nitrogens with one attached hydrogen (secondary N) is 1. The van der Waals surface area contributed by atoms with E-state index in [0.717, 1.165) is 57.8 Å². The topological polar surface area (TPSA) is 372 Å². The zero-order chi connectivity index (χ0) is 60.5. The number of rotatable bonds is 51. The summed E-state index contributed by atoms with van der Waals surface area (Å²) in [6.45, 7) is 6.77. The summed E-state index contributed by atoms with van der Waals surface area (Å²) in [7, 11) is -13.4. The van der Waals surface area contributed by atoms with Gasteiger partial charge in [-0.05, 0) is 19.3 Å². The maximum absolute atomic E-state index is 11.4. The number of nitrogens with two attached hydrogens (primary N) is 2. The van der Waals surface area contributed by atoms with Crippen LogP contribution in [0.3, 0.4) is 0 Å². The molecule has 10 atom stereocenters. The number of carbonyl (C=O) groups is 1. The van der Waals surface area contributed by atoms with Crippen molar-refractivity contribution >= 4 is 29.4 Å². The van der Waals surface area contributed by atoms with Crippen molar-refractivity contribution in [3.8, 4) is 0 Å². The molecule has 24 heteroatoms. The lowest BCUT2D eigenvalue weighted by molar-refractivity contribution is -0.122. The van der Waals surface area contributed by atoms with Crippen LogP contribution < -0.4 is 16.8 Å². The van der Waals surface area contributed by atoms with E-state index in [1.165, 1.54) is 180 Å². The first-order chi connectivity index (χ1) is 37.9. The van der Waals surface area contributed by atoms with Crippen molar-refractivity contribution in [1.29, 1.82) is 0 Å². The van der Waals surface area contributed by atoms with Gasteiger partial charge in [0.1, 0.15) is 12.2 Å². The fourth-order valence-electron chi connectivity index (χ4n) is 9.48. The Bertz CT molecular complexity index is 1550. The lowest BCUT2D eigenvalue weighted by Crippen LogP contribution is -2.50. The van der Waals surface area contributed by atoms with Crippen molar-refractivity contribution in [3.05, 3.63) is 0 Å². The van der Waals surface area contributed by atoms with Crippen molar-refractivity contribution in [2.75, 3.05) is 19.8 Å². The highest BCUT2D eigenvalue weighted by Crippen LogP contribution is 2.48. The third-order valence-electron chi connectivity index (χ3n) is 14.4. The molecule has 0 aromatic rings. The molecule has 1 saturated heterocycles. The minimum atomic E-state index is -4.73. The van der Waals surface area contributed by atoms with Crippen molar-refractivity contribution < 1.29 is 86.6 Å². The molecule has 1 unspecified atom stereocenters. The molecule has 1 heterocycles. The van der Waals surface area contributed by atoms with Gasteiger partial charge in [-0.25, -0.2) is 13.7 Å². The van der Waals surface area contributed by atoms with Crippen LogP contribution in [0.4, 0.5) is 0 Å². The van der Waals surface area contributed by atoms with Crippen molar-refractivity contribution in [1.82, 2.24) is 5.32 Å². The molecule has 0 aromatic heterocycles. The van der Waals surface area contributed by atoms with E-state index >= 15 is 0 Å². The van der Waals surface area contributed by atoms with Gasteiger partial charge in [-0.15, -0.1) is 0 Å². The fourth-order valence-corrected chi connectivity index (χ4v) is 11.2. The summed E-state index contributed by atoms with van der Waals surface area (Å²) in [5.74, 6) is -0.485. The van der Waals surface area contributed by atoms with Gasteiger partial charge >= 0.3 is 23.5 Å². The van der Waals surface area contributed by atoms with E-state index in [-0.39, 0.29) is 6.61 Å². The fraction of sp³-hybridized carbons (Fsp3) is 0.982. The van der Waals surface area contributed by atoms with Gasteiger partial charge in [0.25, 0.3) is 0 Å². The Morgan fingerprint density at radius 2 is 0.838 bits per heavy atom. The van der Waals surface area contributed by atoms with Crippen LogP contribution in [-0.4, -0.2) is 130 Å². The Morgan fingerprint density at radius 1 is 0.537 bits per heavy atom. The predicted octanol–water partition coefficient (Wildman–Crippen LogP) is 10.9. The number of unbranched alkanes of at least 4 members (excludes halogenated alkanes) is 33. The molecule has 21 nitrogen and oxygen atoms in total. The molecule has 1 rings (SSSR count). The molecule has 1 aliphatic rings. The third-order valence-corrected chi connectivity index (χ3v) is 16.4. The summed E-state index contributed by atoms with van der Waals surface area (Å²) >= 11 is 0. The largest absolute Gasteiger partial charge is 0.472 e. The second-order valence-electron chi connectivity index (χ2n) is 22.3. The summed E-state index contributed by atoms with van der Waals surface area (Å²) in [5.41, 5.74) is 11.4. The summed E-state index contributed by atoms with van der Waals surface area (Å²) in [6.07, 6.45) is 39.1. The van der Waals surface area contributed by atoms with Gasteiger partial charge in [-0.3, -0.25) is 22.9 Å². The van der Waals surface area contributed by atoms with Crippen LogP contribution in [0.15, 0.2) is 0 Å². The van der Waals surface area contributed by atoms with E-state index in [4.69, 9.17) is 35.6 Å². The Labute approximate surface area is 483 Å². The Balaban J connectivity index is 0. The average Bonchev–Trinajstić information content (AvgIpc) is 3.39. The number of hydrogen-bond acceptors (Lipinski definition) is 15. The smallest absolute Gasteiger partial charge is 0.390 e. The van der Waals surface area contributed by atoms with E-state index in [1.54, 1.807) is 0 Å². The van der Waals surface area contributed by atoms with E-state index in [2.05, 4.69) is 39.7 Å². The molecule has 0 saturated carbocycles. The second kappa shape index (κ2) is 52.8. The number of hydrogen-bond donors (Lipinski definition) is 13. The van der Waals surface area contributed by atoms with Crippen LogP contribution in [0.2, 0.25) is 0 Å². The summed E-state index contributed by atoms with van der Waals surface area (Å²) < 4.78 is 51.0. The first kappa shape index (κ1) is 81.6. The van der Waals surface area contributed by atoms with Crippen LogP contribution in [0, 0.1) is 0 Å². The Hall–Kier alpha value is -0.480. The van der Waals surface area contributed by atoms with Crippen LogP contribution in [0.25, 0.3) is 0 Å². The van der Waals surface area contributed by atoms with E-state index in [1.807, 2.05) is 0 Å². The van der Waals surface area contributed by atoms with Crippen LogP contribution in [0.5, 0.6) is 0 Å². The quantitative estimate of drug-likeness (QED) is 0.0199. The minimum absolute atomic E-state index is 0.0616. The number of aliphatic hydroxyl groups is 5. The van der Waals surface area contributed by atoms with Gasteiger partial charge in [-0.1, -0.05) is 252 Å². The molecule has 0 aliphatic carbocycles. The highest BCUT2D eigenvalue weighted by molar-refractivity contribution is 7.47. The van der Waals surface area contributed by atoms with Crippen LogP contribution >= 0.6 is 23.5 Å². The SMILES string of the molecule is CCCCCCCCCCCCCC[C@@H](O)[C@@H](O)[C@H](COP(=O)(O)O)NC(C)=O.CCCCCCCCCCCCCC[C@@H](O)[C@H](O)[C@H](N)COP(=O)(O)O.CCCCCCCCCCCCCC[C@@H](O)[C@H]1OP(=O)(O)OC[C@@H]1N. The molecule has 0 aromatic carbocycles. The lowest BCUT2D eigenvalue weighted by Gasteiger charge is -2.33. The molecular formula is C56H120N3O18P3. The van der Waals surface area contributed by atoms with Crippen molar-refractivity contribution in [3.63, 3.8) is 0 Å². The van der Waals surface area contributed by atoms with Gasteiger partial charge in [0.15, 0.2) is 0 Å². The minimum Gasteiger partial charge on any atom is -0.390 e. The molecule has 15 N–H and O–H groups in total. The maximum atomic E-state index is 11.4. The van der Waals surface area contributed by atoms with Crippen LogP contribution in [-0.2, 0) is 36.6 Å². The molecule has 482 valence electrons. The van der Waals surface area contributed by atoms with E-state index in [9.17, 15) is 48.9 Å². The third kappa shape index (κ3) is 53.0. The van der Waals surface area contributed by atoms with Crippen molar-refractivity contribution in [2.24, 2.45) is 11.5 Å². The summed E-state index contributed by atoms with van der Waals surface area (Å²) in [6, 6.07) is -2.69. The number of phosphoric ester groups is 3. The Morgan fingerprint density at radius 3 is 1.16 bits per heavy atom. The molecule has 80 heavy (non-hydrogen) atoms. The van der Waals surface area contributed by atoms with E-state index < -0.39 is 97.3 Å². The number of aliphatic hydroxyl groups excluding tert-OH is 5. The number of phosphoric acid groups is 3. The first-order valence-electron chi connectivity index (χ1n) is 31.2. The van der Waals surface area contributed by atoms with Crippen molar-refractivity contribution in [2.45, 2.75) is 333 Å². The molecule has 1 fully saturated rings. The highest BCUT2D eigenvalue weighted by atomic mass is 31.2. The Kier molecular flexibility index (Phi) is 53.9. The maximum Gasteiger partial charge on any atom is 0.472 e. The standard InChI is InChI=1S/C20H42NO7P.C18H40NO6P.C18H38NO5P/c1-3-4-5-6-7-8-9-10-11-12-13-14-15-19(23)20(24)18(21-17(2)22)16-28-29(25,26)27;1-2-3-4-5-6-7-8-9-10-11-12-13-14-17(20)18(21)16(19)15-25-26(22,23)24;1-2-3-4-5-6-7-8-9-10-11-12-13-14-17(20)18-16(19)15-23-25(21,22)24-18/h18-20,23-24H,3-16H2,1-2H3,(H,21,22)(H2,25,26,27);16-18,20-21H,2-15,19H2,1H3,(H2,22,23,24);16-18,20H,2-15,19H2,1H3,(H,21,22)/t18-,19+,20-;16-,17-,18-;16-,17+,18-/m010/s1. The summed E-state index contributed by atoms with van der Waals surface area (Å²) in [5, 5.41) is 52.6. The van der Waals surface area contributed by atoms with Crippen LogP contribution in [0.1, 0.15) is 278 Å². The monoisotopic (exact) mass is 1220 g/mol. The molecule has 0 radical (unpaired) electrons. The van der Waals surface area contributed by atoms with Gasteiger partial charge in [0, 0.05) is 6.92 Å². The van der Waals surface area contributed by atoms with Gasteiger partial charge in [0.2, 0.25) is 5.91 Å². The first-order valence-corrected chi connectivity index (χ1v) is 35.7.